The molecule has 0 bridgehead atoms. The van der Waals surface area contributed by atoms with E-state index in [0.29, 0.717) is 44.0 Å². The topological polar surface area (TPSA) is 65.4 Å². The Bertz CT molecular complexity index is 628. The van der Waals surface area contributed by atoms with Crippen molar-refractivity contribution in [3.05, 3.63) is 42.5 Å². The minimum Gasteiger partial charge on any atom is -0.454 e. The van der Waals surface area contributed by atoms with E-state index in [-0.39, 0.29) is 11.7 Å². The van der Waals surface area contributed by atoms with Gasteiger partial charge in [-0.25, -0.2) is 4.39 Å². The molecule has 0 saturated heterocycles. The molecule has 2 rings (SSSR count). The van der Waals surface area contributed by atoms with Gasteiger partial charge in [0.15, 0.2) is 5.75 Å². The van der Waals surface area contributed by atoms with Crippen molar-refractivity contribution in [2.75, 3.05) is 20.3 Å². The average molecular weight is 335 g/mol. The Morgan fingerprint density at radius 3 is 2.79 bits per heavy atom. The minimum absolute atomic E-state index is 0.0287. The van der Waals surface area contributed by atoms with E-state index in [2.05, 4.69) is 10.4 Å². The fourth-order valence-corrected chi connectivity index (χ4v) is 2.09. The Labute approximate surface area is 140 Å². The minimum atomic E-state index is -0.307. The third kappa shape index (κ3) is 6.37. The summed E-state index contributed by atoms with van der Waals surface area (Å²) < 4.78 is 25.1. The van der Waals surface area contributed by atoms with Crippen molar-refractivity contribution in [2.45, 2.75) is 25.8 Å². The van der Waals surface area contributed by atoms with E-state index in [4.69, 9.17) is 9.47 Å². The fourth-order valence-electron chi connectivity index (χ4n) is 2.09. The van der Waals surface area contributed by atoms with Gasteiger partial charge in [0.2, 0.25) is 5.91 Å². The summed E-state index contributed by atoms with van der Waals surface area (Å²) in [6.45, 7) is 1.90. The van der Waals surface area contributed by atoms with Crippen LogP contribution in [0.4, 0.5) is 4.39 Å². The molecule has 1 aromatic carbocycles. The van der Waals surface area contributed by atoms with E-state index in [9.17, 15) is 9.18 Å². The molecule has 0 aliphatic heterocycles. The standard InChI is InChI=1S/C17H22FN3O3/c1-23-11-3-9-19-17(22)4-2-10-21-13-16(12-20-21)24-15-7-5-14(18)6-8-15/h5-8,12-13H,2-4,9-11H2,1H3,(H,19,22). The zero-order valence-electron chi connectivity index (χ0n) is 13.7. The predicted octanol–water partition coefficient (Wildman–Crippen LogP) is 2.75. The van der Waals surface area contributed by atoms with Gasteiger partial charge in [-0.05, 0) is 37.1 Å². The van der Waals surface area contributed by atoms with Gasteiger partial charge in [0.25, 0.3) is 0 Å². The molecule has 7 heteroatoms. The second-order valence-electron chi connectivity index (χ2n) is 5.29. The van der Waals surface area contributed by atoms with Gasteiger partial charge >= 0.3 is 0 Å². The number of aromatic nitrogens is 2. The molecule has 6 nitrogen and oxygen atoms in total. The summed E-state index contributed by atoms with van der Waals surface area (Å²) in [5, 5.41) is 7.02. The van der Waals surface area contributed by atoms with Crippen LogP contribution in [0.5, 0.6) is 11.5 Å². The number of rotatable bonds is 10. The van der Waals surface area contributed by atoms with Gasteiger partial charge in [0.05, 0.1) is 12.4 Å². The van der Waals surface area contributed by atoms with Gasteiger partial charge in [0.1, 0.15) is 11.6 Å². The van der Waals surface area contributed by atoms with E-state index in [1.807, 2.05) is 0 Å². The van der Waals surface area contributed by atoms with Crippen LogP contribution in [0.3, 0.4) is 0 Å². The Morgan fingerprint density at radius 1 is 1.25 bits per heavy atom. The maximum Gasteiger partial charge on any atom is 0.220 e. The predicted molar refractivity (Wildman–Crippen MR) is 87.4 cm³/mol. The molecule has 1 heterocycles. The van der Waals surface area contributed by atoms with E-state index in [0.717, 1.165) is 6.42 Å². The lowest BCUT2D eigenvalue weighted by atomic mass is 10.3. The van der Waals surface area contributed by atoms with Crippen molar-refractivity contribution in [1.82, 2.24) is 15.1 Å². The molecule has 0 atom stereocenters. The first-order valence-electron chi connectivity index (χ1n) is 7.89. The van der Waals surface area contributed by atoms with E-state index >= 15 is 0 Å². The third-order valence-electron chi connectivity index (χ3n) is 3.30. The number of carbonyl (C=O) groups excluding carboxylic acids is 1. The Balaban J connectivity index is 1.68. The molecule has 0 unspecified atom stereocenters. The molecular weight excluding hydrogens is 313 g/mol. The van der Waals surface area contributed by atoms with Crippen LogP contribution in [0.1, 0.15) is 19.3 Å². The van der Waals surface area contributed by atoms with Crippen molar-refractivity contribution < 1.29 is 18.7 Å². The molecule has 0 spiro atoms. The first kappa shape index (κ1) is 17.9. The number of hydrogen-bond donors (Lipinski definition) is 1. The molecule has 0 fully saturated rings. The zero-order chi connectivity index (χ0) is 17.2. The van der Waals surface area contributed by atoms with Gasteiger partial charge in [-0.2, -0.15) is 5.10 Å². The van der Waals surface area contributed by atoms with Crippen molar-refractivity contribution in [3.8, 4) is 11.5 Å². The van der Waals surface area contributed by atoms with Crippen molar-refractivity contribution in [2.24, 2.45) is 0 Å². The van der Waals surface area contributed by atoms with Crippen LogP contribution >= 0.6 is 0 Å². The van der Waals surface area contributed by atoms with Gasteiger partial charge < -0.3 is 14.8 Å². The van der Waals surface area contributed by atoms with E-state index in [1.54, 1.807) is 36.3 Å². The number of amides is 1. The summed E-state index contributed by atoms with van der Waals surface area (Å²) in [7, 11) is 1.64. The number of nitrogens with one attached hydrogen (secondary N) is 1. The van der Waals surface area contributed by atoms with Crippen LogP contribution in [-0.2, 0) is 16.1 Å². The largest absolute Gasteiger partial charge is 0.454 e. The summed E-state index contributed by atoms with van der Waals surface area (Å²) in [5.41, 5.74) is 0. The number of nitrogens with zero attached hydrogens (tertiary/aromatic N) is 2. The monoisotopic (exact) mass is 335 g/mol. The van der Waals surface area contributed by atoms with Gasteiger partial charge in [-0.15, -0.1) is 0 Å². The summed E-state index contributed by atoms with van der Waals surface area (Å²) in [5.74, 6) is 0.844. The zero-order valence-corrected chi connectivity index (χ0v) is 13.7. The molecule has 0 aliphatic rings. The third-order valence-corrected chi connectivity index (χ3v) is 3.30. The summed E-state index contributed by atoms with van der Waals surface area (Å²) >= 11 is 0. The van der Waals surface area contributed by atoms with E-state index in [1.165, 1.54) is 12.1 Å². The summed E-state index contributed by atoms with van der Waals surface area (Å²) in [4.78, 5) is 11.6. The van der Waals surface area contributed by atoms with Crippen molar-refractivity contribution >= 4 is 5.91 Å². The number of ether oxygens (including phenoxy) is 2. The number of methoxy groups -OCH3 is 1. The molecule has 130 valence electrons. The SMILES string of the molecule is COCCCNC(=O)CCCn1cc(Oc2ccc(F)cc2)cn1. The Kier molecular flexibility index (Phi) is 7.22. The molecular formula is C17H22FN3O3. The molecule has 1 amide bonds. The fraction of sp³-hybridized carbons (Fsp3) is 0.412. The number of aryl methyl sites for hydroxylation is 1. The second kappa shape index (κ2) is 9.67. The van der Waals surface area contributed by atoms with Gasteiger partial charge in [-0.3, -0.25) is 9.48 Å². The molecule has 1 aromatic heterocycles. The first-order valence-corrected chi connectivity index (χ1v) is 7.89. The second-order valence-corrected chi connectivity index (χ2v) is 5.29. The first-order chi connectivity index (χ1) is 11.7. The van der Waals surface area contributed by atoms with E-state index < -0.39 is 0 Å². The van der Waals surface area contributed by atoms with Crippen LogP contribution in [0.2, 0.25) is 0 Å². The van der Waals surface area contributed by atoms with Crippen molar-refractivity contribution in [3.63, 3.8) is 0 Å². The summed E-state index contributed by atoms with van der Waals surface area (Å²) in [6, 6.07) is 5.79. The molecule has 2 aromatic rings. The maximum atomic E-state index is 12.8. The number of halogens is 1. The lowest BCUT2D eigenvalue weighted by Crippen LogP contribution is -2.25. The van der Waals surface area contributed by atoms with Crippen molar-refractivity contribution in [1.29, 1.82) is 0 Å². The normalized spacial score (nSPS) is 10.6. The van der Waals surface area contributed by atoms with Crippen LogP contribution in [0, 0.1) is 5.82 Å². The molecule has 1 N–H and O–H groups in total. The van der Waals surface area contributed by atoms with Gasteiger partial charge in [-0.1, -0.05) is 0 Å². The molecule has 0 radical (unpaired) electrons. The van der Waals surface area contributed by atoms with Crippen LogP contribution < -0.4 is 10.1 Å². The number of carbonyl (C=O) groups is 1. The highest BCUT2D eigenvalue weighted by Crippen LogP contribution is 2.20. The highest BCUT2D eigenvalue weighted by Gasteiger charge is 2.04. The lowest BCUT2D eigenvalue weighted by molar-refractivity contribution is -0.121. The summed E-state index contributed by atoms with van der Waals surface area (Å²) in [6.07, 6.45) is 5.29. The smallest absolute Gasteiger partial charge is 0.220 e. The molecule has 0 saturated carbocycles. The highest BCUT2D eigenvalue weighted by atomic mass is 19.1. The highest BCUT2D eigenvalue weighted by molar-refractivity contribution is 5.75. The Morgan fingerprint density at radius 2 is 2.04 bits per heavy atom. The van der Waals surface area contributed by atoms with Crippen LogP contribution in [0.15, 0.2) is 36.7 Å². The number of benzene rings is 1. The van der Waals surface area contributed by atoms with Crippen LogP contribution in [-0.4, -0.2) is 35.9 Å². The van der Waals surface area contributed by atoms with Gasteiger partial charge in [0, 0.05) is 33.2 Å². The maximum absolute atomic E-state index is 12.8. The average Bonchev–Trinajstić information content (AvgIpc) is 3.01. The molecule has 24 heavy (non-hydrogen) atoms. The number of hydrogen-bond acceptors (Lipinski definition) is 4. The molecule has 0 aliphatic carbocycles. The van der Waals surface area contributed by atoms with Crippen LogP contribution in [0.25, 0.3) is 0 Å². The Hall–Kier alpha value is -2.41. The lowest BCUT2D eigenvalue weighted by Gasteiger charge is -2.05. The quantitative estimate of drug-likeness (QED) is 0.678.